The van der Waals surface area contributed by atoms with Crippen molar-refractivity contribution in [3.05, 3.63) is 35.8 Å². The zero-order chi connectivity index (χ0) is 17.4. The quantitative estimate of drug-likeness (QED) is 0.833. The lowest BCUT2D eigenvalue weighted by molar-refractivity contribution is -0.141. The summed E-state index contributed by atoms with van der Waals surface area (Å²) in [4.78, 5) is 40.4. The first kappa shape index (κ1) is 16.2. The van der Waals surface area contributed by atoms with E-state index in [0.29, 0.717) is 10.9 Å². The number of likely N-dealkylation sites (tertiary alicyclic amines) is 1. The third-order valence-corrected chi connectivity index (χ3v) is 4.12. The fourth-order valence-electron chi connectivity index (χ4n) is 3.02. The predicted molar refractivity (Wildman–Crippen MR) is 85.5 cm³/mol. The van der Waals surface area contributed by atoms with Gasteiger partial charge in [0.15, 0.2) is 0 Å². The fraction of sp³-hybridized carbons (Fsp3) is 0.353. The molecule has 1 aliphatic heterocycles. The van der Waals surface area contributed by atoms with Crippen molar-refractivity contribution in [1.82, 2.24) is 15.2 Å². The van der Waals surface area contributed by atoms with E-state index in [1.54, 1.807) is 26.1 Å². The van der Waals surface area contributed by atoms with Crippen LogP contribution in [0.4, 0.5) is 4.39 Å². The lowest BCUT2D eigenvalue weighted by Crippen LogP contribution is -2.44. The molecule has 24 heavy (non-hydrogen) atoms. The Balaban J connectivity index is 1.71. The van der Waals surface area contributed by atoms with Gasteiger partial charge in [0.2, 0.25) is 11.8 Å². The van der Waals surface area contributed by atoms with E-state index in [0.717, 1.165) is 5.52 Å². The molecule has 126 valence electrons. The number of rotatable bonds is 4. The van der Waals surface area contributed by atoms with E-state index in [1.165, 1.54) is 17.0 Å². The molecule has 1 aliphatic rings. The summed E-state index contributed by atoms with van der Waals surface area (Å²) in [7, 11) is 0. The number of benzene rings is 1. The van der Waals surface area contributed by atoms with Crippen molar-refractivity contribution in [2.24, 2.45) is 0 Å². The lowest BCUT2D eigenvalue weighted by atomic mass is 10.1. The summed E-state index contributed by atoms with van der Waals surface area (Å²) in [5.41, 5.74) is 1.37. The molecule has 0 spiro atoms. The van der Waals surface area contributed by atoms with Gasteiger partial charge < -0.3 is 10.3 Å². The van der Waals surface area contributed by atoms with Gasteiger partial charge in [0.05, 0.1) is 12.8 Å². The van der Waals surface area contributed by atoms with Crippen molar-refractivity contribution < 1.29 is 18.8 Å². The van der Waals surface area contributed by atoms with Crippen LogP contribution in [0, 0.1) is 5.82 Å². The number of hydrogen-bond donors (Lipinski definition) is 2. The van der Waals surface area contributed by atoms with Gasteiger partial charge in [0, 0.05) is 23.1 Å². The van der Waals surface area contributed by atoms with Crippen molar-refractivity contribution in [2.45, 2.75) is 38.8 Å². The molecular weight excluding hydrogens is 313 g/mol. The molecule has 0 saturated carbocycles. The van der Waals surface area contributed by atoms with Gasteiger partial charge in [-0.1, -0.05) is 0 Å². The first-order valence-electron chi connectivity index (χ1n) is 7.77. The number of nitrogens with zero attached hydrogens (tertiary/aromatic N) is 1. The van der Waals surface area contributed by atoms with E-state index in [1.807, 2.05) is 0 Å². The van der Waals surface area contributed by atoms with Crippen molar-refractivity contribution in [3.8, 4) is 0 Å². The summed E-state index contributed by atoms with van der Waals surface area (Å²) in [6.07, 6.45) is 1.63. The third-order valence-electron chi connectivity index (χ3n) is 4.12. The standard InChI is InChI=1S/C17H18FN3O3/c1-9(2)21-16(23)7-14(17(21)24)20-15(22)5-10-8-19-13-4-3-11(18)6-12(10)13/h3-4,6,8-9,14,19H,5,7H2,1-2H3,(H,20,22)/t14-/m1/s1. The topological polar surface area (TPSA) is 82.3 Å². The van der Waals surface area contributed by atoms with Gasteiger partial charge in [-0.05, 0) is 37.6 Å². The normalized spacial score (nSPS) is 18.0. The van der Waals surface area contributed by atoms with E-state index in [2.05, 4.69) is 10.3 Å². The molecule has 2 heterocycles. The van der Waals surface area contributed by atoms with Crippen LogP contribution in [-0.4, -0.2) is 39.7 Å². The van der Waals surface area contributed by atoms with Gasteiger partial charge in [-0.15, -0.1) is 0 Å². The number of amides is 3. The molecule has 0 unspecified atom stereocenters. The molecule has 7 heteroatoms. The molecule has 3 rings (SSSR count). The van der Waals surface area contributed by atoms with Crippen LogP contribution in [0.5, 0.6) is 0 Å². The highest BCUT2D eigenvalue weighted by Gasteiger charge is 2.40. The number of nitrogens with one attached hydrogen (secondary N) is 2. The summed E-state index contributed by atoms with van der Waals surface area (Å²) >= 11 is 0. The molecule has 0 aliphatic carbocycles. The number of hydrogen-bond acceptors (Lipinski definition) is 3. The molecule has 1 aromatic heterocycles. The van der Waals surface area contributed by atoms with E-state index >= 15 is 0 Å². The number of halogens is 1. The Labute approximate surface area is 138 Å². The SMILES string of the molecule is CC(C)N1C(=O)C[C@@H](NC(=O)Cc2c[nH]c3ccc(F)cc23)C1=O. The van der Waals surface area contributed by atoms with Gasteiger partial charge in [0.25, 0.3) is 5.91 Å². The number of carbonyl (C=O) groups is 3. The maximum absolute atomic E-state index is 13.4. The molecule has 2 aromatic rings. The summed E-state index contributed by atoms with van der Waals surface area (Å²) in [6.45, 7) is 3.50. The highest BCUT2D eigenvalue weighted by Crippen LogP contribution is 2.20. The predicted octanol–water partition coefficient (Wildman–Crippen LogP) is 1.50. The summed E-state index contributed by atoms with van der Waals surface area (Å²) in [5, 5.41) is 3.23. The highest BCUT2D eigenvalue weighted by atomic mass is 19.1. The van der Waals surface area contributed by atoms with Gasteiger partial charge in [-0.3, -0.25) is 19.3 Å². The minimum atomic E-state index is -0.825. The van der Waals surface area contributed by atoms with Crippen LogP contribution in [-0.2, 0) is 20.8 Å². The summed E-state index contributed by atoms with van der Waals surface area (Å²) < 4.78 is 13.4. The van der Waals surface area contributed by atoms with Crippen molar-refractivity contribution in [1.29, 1.82) is 0 Å². The van der Waals surface area contributed by atoms with Crippen LogP contribution in [0.3, 0.4) is 0 Å². The van der Waals surface area contributed by atoms with Gasteiger partial charge >= 0.3 is 0 Å². The highest BCUT2D eigenvalue weighted by molar-refractivity contribution is 6.07. The molecule has 1 fully saturated rings. The largest absolute Gasteiger partial charge is 0.361 e. The molecule has 6 nitrogen and oxygen atoms in total. The molecule has 3 amide bonds. The number of fused-ring (bicyclic) bond motifs is 1. The van der Waals surface area contributed by atoms with E-state index in [4.69, 9.17) is 0 Å². The molecule has 1 aromatic carbocycles. The van der Waals surface area contributed by atoms with Crippen LogP contribution in [0.25, 0.3) is 10.9 Å². The maximum atomic E-state index is 13.4. The first-order chi connectivity index (χ1) is 11.4. The smallest absolute Gasteiger partial charge is 0.252 e. The second-order valence-electron chi connectivity index (χ2n) is 6.20. The molecule has 0 bridgehead atoms. The summed E-state index contributed by atoms with van der Waals surface area (Å²) in [6, 6.07) is 3.24. The van der Waals surface area contributed by atoms with Crippen molar-refractivity contribution >= 4 is 28.6 Å². The molecule has 2 N–H and O–H groups in total. The Morgan fingerprint density at radius 3 is 2.83 bits per heavy atom. The average molecular weight is 331 g/mol. The number of H-pyrrole nitrogens is 1. The molecule has 0 radical (unpaired) electrons. The van der Waals surface area contributed by atoms with Crippen LogP contribution in [0.2, 0.25) is 0 Å². The lowest BCUT2D eigenvalue weighted by Gasteiger charge is -2.19. The third kappa shape index (κ3) is 2.89. The number of aromatic nitrogens is 1. The minimum absolute atomic E-state index is 0.00308. The van der Waals surface area contributed by atoms with Crippen molar-refractivity contribution in [2.75, 3.05) is 0 Å². The summed E-state index contributed by atoms with van der Waals surface area (Å²) in [5.74, 6) is -1.42. The maximum Gasteiger partial charge on any atom is 0.252 e. The second-order valence-corrected chi connectivity index (χ2v) is 6.20. The Morgan fingerprint density at radius 1 is 1.42 bits per heavy atom. The second kappa shape index (κ2) is 6.07. The Kier molecular flexibility index (Phi) is 4.09. The van der Waals surface area contributed by atoms with Crippen LogP contribution >= 0.6 is 0 Å². The van der Waals surface area contributed by atoms with E-state index < -0.39 is 6.04 Å². The van der Waals surface area contributed by atoms with E-state index in [-0.39, 0.29) is 42.4 Å². The monoisotopic (exact) mass is 331 g/mol. The van der Waals surface area contributed by atoms with Crippen LogP contribution in [0.15, 0.2) is 24.4 Å². The zero-order valence-electron chi connectivity index (χ0n) is 13.4. The van der Waals surface area contributed by atoms with Gasteiger partial charge in [0.1, 0.15) is 11.9 Å². The van der Waals surface area contributed by atoms with Crippen LogP contribution in [0.1, 0.15) is 25.8 Å². The number of aromatic amines is 1. The Bertz CT molecular complexity index is 828. The van der Waals surface area contributed by atoms with Gasteiger partial charge in [-0.2, -0.15) is 0 Å². The Hall–Kier alpha value is -2.70. The fourth-order valence-corrected chi connectivity index (χ4v) is 3.02. The zero-order valence-corrected chi connectivity index (χ0v) is 13.4. The Morgan fingerprint density at radius 2 is 2.17 bits per heavy atom. The van der Waals surface area contributed by atoms with E-state index in [9.17, 15) is 18.8 Å². The number of carbonyl (C=O) groups excluding carboxylic acids is 3. The molecular formula is C17H18FN3O3. The van der Waals surface area contributed by atoms with Crippen LogP contribution < -0.4 is 5.32 Å². The van der Waals surface area contributed by atoms with Gasteiger partial charge in [-0.25, -0.2) is 4.39 Å². The minimum Gasteiger partial charge on any atom is -0.361 e. The average Bonchev–Trinajstić information content (AvgIpc) is 3.00. The van der Waals surface area contributed by atoms with Crippen molar-refractivity contribution in [3.63, 3.8) is 0 Å². The number of imide groups is 1. The first-order valence-corrected chi connectivity index (χ1v) is 7.77. The molecule has 1 atom stereocenters. The molecule has 1 saturated heterocycles.